The van der Waals surface area contributed by atoms with Gasteiger partial charge < -0.3 is 14.7 Å². The Morgan fingerprint density at radius 1 is 1.16 bits per heavy atom. The zero-order valence-corrected chi connectivity index (χ0v) is 14.5. The van der Waals surface area contributed by atoms with Crippen LogP contribution in [-0.4, -0.2) is 34.6 Å². The first kappa shape index (κ1) is 17.5. The third-order valence-electron chi connectivity index (χ3n) is 4.74. The molecule has 3 unspecified atom stereocenters. The van der Waals surface area contributed by atoms with Crippen LogP contribution in [0.25, 0.3) is 0 Å². The summed E-state index contributed by atoms with van der Waals surface area (Å²) >= 11 is 0. The number of ether oxygens (including phenoxy) is 1. The van der Waals surface area contributed by atoms with Crippen LogP contribution in [-0.2, 0) is 4.79 Å². The molecule has 0 bridgehead atoms. The maximum Gasteiger partial charge on any atom is 0.263 e. The minimum atomic E-state index is -0.551. The molecule has 2 aromatic rings. The summed E-state index contributed by atoms with van der Waals surface area (Å²) in [5.74, 6) is 0.690. The molecule has 1 aliphatic rings. The van der Waals surface area contributed by atoms with Crippen molar-refractivity contribution in [2.75, 3.05) is 6.54 Å². The van der Waals surface area contributed by atoms with Gasteiger partial charge in [0.15, 0.2) is 6.10 Å². The van der Waals surface area contributed by atoms with E-state index in [0.29, 0.717) is 12.2 Å². The molecule has 132 valence electrons. The van der Waals surface area contributed by atoms with Gasteiger partial charge in [0.25, 0.3) is 5.91 Å². The number of amides is 1. The number of aliphatic hydroxyl groups excluding tert-OH is 1. The normalized spacial score (nSPS) is 19.4. The number of carbonyl (C=O) groups excluding carboxylic acids is 1. The highest BCUT2D eigenvalue weighted by Gasteiger charge is 2.33. The lowest BCUT2D eigenvalue weighted by molar-refractivity contribution is -0.139. The molecule has 4 nitrogen and oxygen atoms in total. The third kappa shape index (κ3) is 4.40. The Bertz CT molecular complexity index is 674. The fraction of sp³-hybridized carbons (Fsp3) is 0.381. The lowest BCUT2D eigenvalue weighted by atomic mass is 10.0. The van der Waals surface area contributed by atoms with E-state index in [1.54, 1.807) is 6.92 Å². The Kier molecular flexibility index (Phi) is 5.71. The summed E-state index contributed by atoms with van der Waals surface area (Å²) in [5.41, 5.74) is 0.899. The molecule has 1 N–H and O–H groups in total. The van der Waals surface area contributed by atoms with E-state index < -0.39 is 12.2 Å². The zero-order valence-electron chi connectivity index (χ0n) is 14.5. The van der Waals surface area contributed by atoms with Crippen LogP contribution in [0.2, 0.25) is 0 Å². The van der Waals surface area contributed by atoms with Crippen LogP contribution in [0.15, 0.2) is 60.7 Å². The number of hydrogen-bond acceptors (Lipinski definition) is 3. The molecule has 0 saturated carbocycles. The summed E-state index contributed by atoms with van der Waals surface area (Å²) in [4.78, 5) is 14.7. The summed E-state index contributed by atoms with van der Waals surface area (Å²) in [5, 5.41) is 10.5. The standard InChI is InChI=1S/C21H25NO3/c1-16(25-19-12-6-3-7-13-19)21(24)22-14-8-11-18(22)15-20(23)17-9-4-2-5-10-17/h2-7,9-10,12-13,16,18,20,23H,8,11,14-15H2,1H3. The summed E-state index contributed by atoms with van der Waals surface area (Å²) < 4.78 is 5.77. The van der Waals surface area contributed by atoms with Gasteiger partial charge in [-0.15, -0.1) is 0 Å². The van der Waals surface area contributed by atoms with Gasteiger partial charge in [0.05, 0.1) is 6.10 Å². The first-order valence-corrected chi connectivity index (χ1v) is 8.90. The summed E-state index contributed by atoms with van der Waals surface area (Å²) in [7, 11) is 0. The van der Waals surface area contributed by atoms with Gasteiger partial charge in [0, 0.05) is 12.6 Å². The highest BCUT2D eigenvalue weighted by Crippen LogP contribution is 2.28. The number of rotatable bonds is 6. The number of benzene rings is 2. The van der Waals surface area contributed by atoms with Crippen molar-refractivity contribution in [2.24, 2.45) is 0 Å². The highest BCUT2D eigenvalue weighted by molar-refractivity contribution is 5.81. The predicted octanol–water partition coefficient (Wildman–Crippen LogP) is 3.57. The van der Waals surface area contributed by atoms with Crippen molar-refractivity contribution in [1.82, 2.24) is 4.90 Å². The van der Waals surface area contributed by atoms with E-state index in [1.165, 1.54) is 0 Å². The number of likely N-dealkylation sites (tertiary alicyclic amines) is 1. The van der Waals surface area contributed by atoms with E-state index in [-0.39, 0.29) is 11.9 Å². The van der Waals surface area contributed by atoms with E-state index in [2.05, 4.69) is 0 Å². The second-order valence-electron chi connectivity index (χ2n) is 6.56. The molecule has 3 atom stereocenters. The topological polar surface area (TPSA) is 49.8 Å². The second-order valence-corrected chi connectivity index (χ2v) is 6.56. The van der Waals surface area contributed by atoms with Crippen LogP contribution in [0.4, 0.5) is 0 Å². The molecule has 1 heterocycles. The van der Waals surface area contributed by atoms with Gasteiger partial charge in [-0.1, -0.05) is 48.5 Å². The SMILES string of the molecule is CC(Oc1ccccc1)C(=O)N1CCCC1CC(O)c1ccccc1. The molecule has 1 saturated heterocycles. The molecular formula is C21H25NO3. The van der Waals surface area contributed by atoms with Crippen molar-refractivity contribution < 1.29 is 14.6 Å². The predicted molar refractivity (Wildman–Crippen MR) is 97.3 cm³/mol. The molecule has 0 aliphatic carbocycles. The minimum Gasteiger partial charge on any atom is -0.481 e. The fourth-order valence-corrected chi connectivity index (χ4v) is 3.43. The Morgan fingerprint density at radius 2 is 1.80 bits per heavy atom. The number of aliphatic hydroxyl groups is 1. The van der Waals surface area contributed by atoms with Crippen molar-refractivity contribution in [2.45, 2.75) is 44.4 Å². The smallest absolute Gasteiger partial charge is 0.263 e. The van der Waals surface area contributed by atoms with Crippen LogP contribution in [0.5, 0.6) is 5.75 Å². The largest absolute Gasteiger partial charge is 0.481 e. The molecular weight excluding hydrogens is 314 g/mol. The third-order valence-corrected chi connectivity index (χ3v) is 4.74. The van der Waals surface area contributed by atoms with Crippen LogP contribution < -0.4 is 4.74 Å². The maximum atomic E-state index is 12.8. The quantitative estimate of drug-likeness (QED) is 0.875. The number of para-hydroxylation sites is 1. The van der Waals surface area contributed by atoms with Crippen LogP contribution in [0.1, 0.15) is 37.9 Å². The maximum absolute atomic E-state index is 12.8. The Hall–Kier alpha value is -2.33. The minimum absolute atomic E-state index is 0.00776. The van der Waals surface area contributed by atoms with E-state index >= 15 is 0 Å². The summed E-state index contributed by atoms with van der Waals surface area (Å²) in [6.45, 7) is 2.52. The van der Waals surface area contributed by atoms with E-state index in [4.69, 9.17) is 4.74 Å². The van der Waals surface area contributed by atoms with Crippen molar-refractivity contribution in [3.8, 4) is 5.75 Å². The van der Waals surface area contributed by atoms with Crippen LogP contribution in [0.3, 0.4) is 0 Å². The Labute approximate surface area is 149 Å². The van der Waals surface area contributed by atoms with E-state index in [0.717, 1.165) is 24.9 Å². The van der Waals surface area contributed by atoms with Crippen LogP contribution in [0, 0.1) is 0 Å². The number of hydrogen-bond donors (Lipinski definition) is 1. The van der Waals surface area contributed by atoms with Crippen LogP contribution >= 0.6 is 0 Å². The van der Waals surface area contributed by atoms with Crippen molar-refractivity contribution in [1.29, 1.82) is 0 Å². The van der Waals surface area contributed by atoms with E-state index in [1.807, 2.05) is 65.6 Å². The lowest BCUT2D eigenvalue weighted by Crippen LogP contribution is -2.43. The first-order chi connectivity index (χ1) is 12.1. The van der Waals surface area contributed by atoms with Gasteiger partial charge in [-0.3, -0.25) is 4.79 Å². The average Bonchev–Trinajstić information content (AvgIpc) is 3.10. The Balaban J connectivity index is 1.61. The number of nitrogens with zero attached hydrogens (tertiary/aromatic N) is 1. The van der Waals surface area contributed by atoms with Gasteiger partial charge >= 0.3 is 0 Å². The first-order valence-electron chi connectivity index (χ1n) is 8.90. The summed E-state index contributed by atoms with van der Waals surface area (Å²) in [6.07, 6.45) is 1.37. The molecule has 1 amide bonds. The highest BCUT2D eigenvalue weighted by atomic mass is 16.5. The number of carbonyl (C=O) groups is 1. The molecule has 0 aromatic heterocycles. The molecule has 3 rings (SSSR count). The molecule has 1 fully saturated rings. The molecule has 2 aromatic carbocycles. The average molecular weight is 339 g/mol. The van der Waals surface area contributed by atoms with Gasteiger partial charge in [-0.2, -0.15) is 0 Å². The fourth-order valence-electron chi connectivity index (χ4n) is 3.43. The monoisotopic (exact) mass is 339 g/mol. The van der Waals surface area contributed by atoms with Gasteiger partial charge in [-0.05, 0) is 43.9 Å². The molecule has 0 spiro atoms. The summed E-state index contributed by atoms with van der Waals surface area (Å²) in [6, 6.07) is 19.1. The molecule has 25 heavy (non-hydrogen) atoms. The molecule has 0 radical (unpaired) electrons. The zero-order chi connectivity index (χ0) is 17.6. The van der Waals surface area contributed by atoms with Crippen molar-refractivity contribution in [3.63, 3.8) is 0 Å². The van der Waals surface area contributed by atoms with Gasteiger partial charge in [0.2, 0.25) is 0 Å². The van der Waals surface area contributed by atoms with Gasteiger partial charge in [-0.25, -0.2) is 0 Å². The molecule has 4 heteroatoms. The van der Waals surface area contributed by atoms with Gasteiger partial charge in [0.1, 0.15) is 5.75 Å². The van der Waals surface area contributed by atoms with Crippen molar-refractivity contribution >= 4 is 5.91 Å². The molecule has 1 aliphatic heterocycles. The lowest BCUT2D eigenvalue weighted by Gasteiger charge is -2.29. The Morgan fingerprint density at radius 3 is 2.48 bits per heavy atom. The second kappa shape index (κ2) is 8.17. The van der Waals surface area contributed by atoms with E-state index in [9.17, 15) is 9.90 Å². The van der Waals surface area contributed by atoms with Crippen molar-refractivity contribution in [3.05, 3.63) is 66.2 Å².